The summed E-state index contributed by atoms with van der Waals surface area (Å²) in [6, 6.07) is 8.23. The van der Waals surface area contributed by atoms with Crippen molar-refractivity contribution >= 4 is 0 Å². The second kappa shape index (κ2) is 8.21. The number of benzene rings is 1. The molecule has 0 atom stereocenters. The first-order valence-corrected chi connectivity index (χ1v) is 7.42. The normalized spacial score (nSPS) is 11.6. The van der Waals surface area contributed by atoms with E-state index in [1.807, 2.05) is 12.1 Å². The first-order chi connectivity index (χ1) is 9.11. The molecule has 1 aromatic rings. The van der Waals surface area contributed by atoms with E-state index in [2.05, 4.69) is 32.9 Å². The maximum absolute atomic E-state index is 10.5. The van der Waals surface area contributed by atoms with Crippen LogP contribution < -0.4 is 4.74 Å². The van der Waals surface area contributed by atoms with E-state index in [1.165, 1.54) is 31.2 Å². The lowest BCUT2D eigenvalue weighted by Crippen LogP contribution is -2.18. The van der Waals surface area contributed by atoms with Crippen molar-refractivity contribution in [1.82, 2.24) is 0 Å². The molecular formula is C17H27O2. The van der Waals surface area contributed by atoms with Crippen LogP contribution in [0.5, 0.6) is 5.75 Å². The Bertz CT molecular complexity index is 358. The van der Waals surface area contributed by atoms with Gasteiger partial charge < -0.3 is 4.74 Å². The molecule has 0 heterocycles. The Balaban J connectivity index is 2.73. The first kappa shape index (κ1) is 16.0. The van der Waals surface area contributed by atoms with Gasteiger partial charge in [-0.05, 0) is 23.5 Å². The minimum absolute atomic E-state index is 0.0674. The Hall–Kier alpha value is -1.02. The smallest absolute Gasteiger partial charge is 0.123 e. The third-order valence-electron chi connectivity index (χ3n) is 3.57. The zero-order chi connectivity index (χ0) is 14.1. The monoisotopic (exact) mass is 263 g/mol. The van der Waals surface area contributed by atoms with Gasteiger partial charge in [0.2, 0.25) is 0 Å². The van der Waals surface area contributed by atoms with Crippen LogP contribution in [0.4, 0.5) is 0 Å². The zero-order valence-electron chi connectivity index (χ0n) is 12.6. The topological polar surface area (TPSA) is 29.1 Å². The summed E-state index contributed by atoms with van der Waals surface area (Å²) in [5.41, 5.74) is 1.39. The molecule has 0 fully saturated rings. The van der Waals surface area contributed by atoms with E-state index in [1.54, 1.807) is 0 Å². The van der Waals surface area contributed by atoms with E-state index < -0.39 is 0 Å². The van der Waals surface area contributed by atoms with Crippen LogP contribution in [0.25, 0.3) is 0 Å². The predicted octanol–water partition coefficient (Wildman–Crippen LogP) is 4.74. The van der Waals surface area contributed by atoms with Crippen molar-refractivity contribution in [3.05, 3.63) is 29.8 Å². The van der Waals surface area contributed by atoms with Crippen molar-refractivity contribution in [1.29, 1.82) is 0 Å². The van der Waals surface area contributed by atoms with Gasteiger partial charge in [0.25, 0.3) is 0 Å². The van der Waals surface area contributed by atoms with Crippen molar-refractivity contribution in [2.24, 2.45) is 0 Å². The van der Waals surface area contributed by atoms with Crippen molar-refractivity contribution in [3.63, 3.8) is 0 Å². The highest BCUT2D eigenvalue weighted by Crippen LogP contribution is 2.35. The molecule has 2 nitrogen and oxygen atoms in total. The van der Waals surface area contributed by atoms with Crippen molar-refractivity contribution in [2.75, 3.05) is 13.2 Å². The average Bonchev–Trinajstić information content (AvgIpc) is 2.40. The molecule has 0 aromatic heterocycles. The van der Waals surface area contributed by atoms with E-state index in [4.69, 9.17) is 4.74 Å². The largest absolute Gasteiger partial charge is 0.493 e. The van der Waals surface area contributed by atoms with Crippen LogP contribution in [0.3, 0.4) is 0 Å². The fraction of sp³-hybridized carbons (Fsp3) is 0.647. The molecule has 1 aromatic carbocycles. The second-order valence-electron chi connectivity index (χ2n) is 5.74. The lowest BCUT2D eigenvalue weighted by atomic mass is 9.79. The van der Waals surface area contributed by atoms with Gasteiger partial charge in [-0.25, -0.2) is 5.11 Å². The van der Waals surface area contributed by atoms with Crippen LogP contribution in [0, 0.1) is 0 Å². The summed E-state index contributed by atoms with van der Waals surface area (Å²) < 4.78 is 5.77. The summed E-state index contributed by atoms with van der Waals surface area (Å²) in [6.07, 6.45) is 5.52. The fourth-order valence-corrected chi connectivity index (χ4v) is 2.34. The van der Waals surface area contributed by atoms with E-state index in [9.17, 15) is 5.11 Å². The van der Waals surface area contributed by atoms with Gasteiger partial charge in [-0.3, -0.25) is 0 Å². The lowest BCUT2D eigenvalue weighted by molar-refractivity contribution is 0.164. The van der Waals surface area contributed by atoms with E-state index in [0.717, 1.165) is 5.75 Å². The summed E-state index contributed by atoms with van der Waals surface area (Å²) in [5, 5.41) is 10.5. The molecule has 0 amide bonds. The minimum Gasteiger partial charge on any atom is -0.493 e. The standard InChI is InChI=1S/C17H27O2/c1-4-5-8-12-17(2,3)15-10-6-7-11-16(15)19-14-9-13-18/h6-7,10-11H,4-5,8-9,12-14H2,1-3H3. The summed E-state index contributed by atoms with van der Waals surface area (Å²) in [6.45, 7) is 7.23. The molecule has 0 N–H and O–H groups in total. The first-order valence-electron chi connectivity index (χ1n) is 7.42. The van der Waals surface area contributed by atoms with Crippen LogP contribution in [0.2, 0.25) is 0 Å². The van der Waals surface area contributed by atoms with Gasteiger partial charge in [-0.2, -0.15) is 0 Å². The molecule has 0 saturated heterocycles. The molecule has 0 aliphatic rings. The van der Waals surface area contributed by atoms with Gasteiger partial charge in [0.05, 0.1) is 13.2 Å². The quantitative estimate of drug-likeness (QED) is 0.591. The van der Waals surface area contributed by atoms with Gasteiger partial charge in [0.15, 0.2) is 0 Å². The average molecular weight is 263 g/mol. The number of hydrogen-bond donors (Lipinski definition) is 0. The molecule has 107 valence electrons. The Labute approximate surface area is 117 Å². The van der Waals surface area contributed by atoms with Gasteiger partial charge in [-0.15, -0.1) is 0 Å². The fourth-order valence-electron chi connectivity index (χ4n) is 2.34. The molecule has 1 rings (SSSR count). The molecule has 0 unspecified atom stereocenters. The second-order valence-corrected chi connectivity index (χ2v) is 5.74. The van der Waals surface area contributed by atoms with Crippen LogP contribution in [-0.4, -0.2) is 13.2 Å². The molecule has 0 saturated carbocycles. The van der Waals surface area contributed by atoms with Gasteiger partial charge in [0, 0.05) is 6.42 Å². The van der Waals surface area contributed by atoms with Crippen LogP contribution in [0.1, 0.15) is 58.4 Å². The highest BCUT2D eigenvalue weighted by Gasteiger charge is 2.23. The summed E-state index contributed by atoms with van der Waals surface area (Å²) in [4.78, 5) is 0. The number of rotatable bonds is 9. The third-order valence-corrected chi connectivity index (χ3v) is 3.57. The number of ether oxygens (including phenoxy) is 1. The number of unbranched alkanes of at least 4 members (excludes halogenated alkanes) is 2. The molecular weight excluding hydrogens is 236 g/mol. The van der Waals surface area contributed by atoms with Crippen LogP contribution >= 0.6 is 0 Å². The van der Waals surface area contributed by atoms with Crippen molar-refractivity contribution < 1.29 is 9.84 Å². The van der Waals surface area contributed by atoms with Gasteiger partial charge >= 0.3 is 0 Å². The number of para-hydroxylation sites is 1. The summed E-state index contributed by atoms with van der Waals surface area (Å²) in [5.74, 6) is 0.942. The maximum Gasteiger partial charge on any atom is 0.123 e. The lowest BCUT2D eigenvalue weighted by Gasteiger charge is -2.27. The van der Waals surface area contributed by atoms with Crippen LogP contribution in [-0.2, 0) is 10.5 Å². The maximum atomic E-state index is 10.5. The van der Waals surface area contributed by atoms with E-state index in [0.29, 0.717) is 13.0 Å². The molecule has 0 aliphatic carbocycles. The number of hydrogen-bond acceptors (Lipinski definition) is 1. The van der Waals surface area contributed by atoms with E-state index >= 15 is 0 Å². The Morgan fingerprint density at radius 2 is 1.84 bits per heavy atom. The van der Waals surface area contributed by atoms with Crippen LogP contribution in [0.15, 0.2) is 24.3 Å². The highest BCUT2D eigenvalue weighted by molar-refractivity contribution is 5.38. The highest BCUT2D eigenvalue weighted by atomic mass is 16.5. The Kier molecular flexibility index (Phi) is 6.93. The Morgan fingerprint density at radius 3 is 2.53 bits per heavy atom. The third kappa shape index (κ3) is 5.23. The molecule has 0 bridgehead atoms. The Morgan fingerprint density at radius 1 is 1.11 bits per heavy atom. The molecule has 2 heteroatoms. The molecule has 0 spiro atoms. The van der Waals surface area contributed by atoms with Crippen molar-refractivity contribution in [2.45, 2.75) is 58.3 Å². The zero-order valence-corrected chi connectivity index (χ0v) is 12.6. The molecule has 0 aliphatic heterocycles. The summed E-state index contributed by atoms with van der Waals surface area (Å²) >= 11 is 0. The van der Waals surface area contributed by atoms with Gasteiger partial charge in [-0.1, -0.05) is 58.2 Å². The molecule has 1 radical (unpaired) electrons. The minimum atomic E-state index is -0.0674. The SMILES string of the molecule is CCCCCC(C)(C)c1ccccc1OCCC[O]. The predicted molar refractivity (Wildman–Crippen MR) is 79.3 cm³/mol. The van der Waals surface area contributed by atoms with E-state index in [-0.39, 0.29) is 12.0 Å². The molecule has 19 heavy (non-hydrogen) atoms. The van der Waals surface area contributed by atoms with Gasteiger partial charge in [0.1, 0.15) is 5.75 Å². The summed E-state index contributed by atoms with van der Waals surface area (Å²) in [7, 11) is 0. The van der Waals surface area contributed by atoms with Crippen molar-refractivity contribution in [3.8, 4) is 5.75 Å².